The van der Waals surface area contributed by atoms with Crippen molar-refractivity contribution < 1.29 is 4.79 Å². The van der Waals surface area contributed by atoms with Crippen LogP contribution < -0.4 is 5.56 Å². The standard InChI is InChI=1S/C20H20N2O2S/c1-12-5-7-15(14(3)9-12)18(23)11-25-20-21-17-8-6-13(2)10-16(17)19(24)22(20)4/h5-10H,11H2,1-4H3. The Bertz CT molecular complexity index is 1040. The summed E-state index contributed by atoms with van der Waals surface area (Å²) in [5.41, 5.74) is 4.43. The summed E-state index contributed by atoms with van der Waals surface area (Å²) in [5.74, 6) is 0.294. The first-order valence-electron chi connectivity index (χ1n) is 8.07. The number of Topliss-reactive ketones (excluding diaryl/α,β-unsaturated/α-hetero) is 1. The number of thioether (sulfide) groups is 1. The topological polar surface area (TPSA) is 52.0 Å². The van der Waals surface area contributed by atoms with Crippen LogP contribution in [0.15, 0.2) is 46.3 Å². The van der Waals surface area contributed by atoms with E-state index >= 15 is 0 Å². The van der Waals surface area contributed by atoms with Gasteiger partial charge < -0.3 is 0 Å². The molecule has 0 atom stereocenters. The number of carbonyl (C=O) groups excluding carboxylic acids is 1. The highest BCUT2D eigenvalue weighted by molar-refractivity contribution is 7.99. The Morgan fingerprint density at radius 3 is 2.48 bits per heavy atom. The highest BCUT2D eigenvalue weighted by Crippen LogP contribution is 2.20. The fourth-order valence-corrected chi connectivity index (χ4v) is 3.68. The Morgan fingerprint density at radius 1 is 1.08 bits per heavy atom. The first kappa shape index (κ1) is 17.4. The van der Waals surface area contributed by atoms with Crippen LogP contribution in [0.25, 0.3) is 10.9 Å². The third-order valence-corrected chi connectivity index (χ3v) is 5.23. The van der Waals surface area contributed by atoms with E-state index in [4.69, 9.17) is 0 Å². The highest BCUT2D eigenvalue weighted by Gasteiger charge is 2.13. The second-order valence-corrected chi connectivity index (χ2v) is 7.25. The SMILES string of the molecule is Cc1ccc(C(=O)CSc2nc3ccc(C)cc3c(=O)n2C)c(C)c1. The summed E-state index contributed by atoms with van der Waals surface area (Å²) in [6.45, 7) is 5.90. The minimum Gasteiger partial charge on any atom is -0.293 e. The van der Waals surface area contributed by atoms with Crippen LogP contribution in [0.1, 0.15) is 27.0 Å². The lowest BCUT2D eigenvalue weighted by atomic mass is 10.0. The normalized spacial score (nSPS) is 11.0. The molecule has 0 fully saturated rings. The quantitative estimate of drug-likeness (QED) is 0.407. The molecule has 0 spiro atoms. The third-order valence-electron chi connectivity index (χ3n) is 4.20. The van der Waals surface area contributed by atoms with Gasteiger partial charge in [0.15, 0.2) is 10.9 Å². The van der Waals surface area contributed by atoms with E-state index in [9.17, 15) is 9.59 Å². The maximum Gasteiger partial charge on any atom is 0.261 e. The molecule has 0 radical (unpaired) electrons. The minimum atomic E-state index is -0.0878. The van der Waals surface area contributed by atoms with Gasteiger partial charge in [-0.1, -0.05) is 47.2 Å². The zero-order chi connectivity index (χ0) is 18.1. The van der Waals surface area contributed by atoms with E-state index in [1.54, 1.807) is 7.05 Å². The summed E-state index contributed by atoms with van der Waals surface area (Å²) in [7, 11) is 1.70. The summed E-state index contributed by atoms with van der Waals surface area (Å²) in [6, 6.07) is 11.4. The van der Waals surface area contributed by atoms with E-state index < -0.39 is 0 Å². The molecule has 0 bridgehead atoms. The number of fused-ring (bicyclic) bond motifs is 1. The minimum absolute atomic E-state index is 0.0424. The largest absolute Gasteiger partial charge is 0.293 e. The number of benzene rings is 2. The smallest absolute Gasteiger partial charge is 0.261 e. The number of nitrogens with zero attached hydrogens (tertiary/aromatic N) is 2. The van der Waals surface area contributed by atoms with Crippen molar-refractivity contribution in [2.75, 3.05) is 5.75 Å². The molecule has 3 aromatic rings. The van der Waals surface area contributed by atoms with Gasteiger partial charge >= 0.3 is 0 Å². The van der Waals surface area contributed by atoms with Gasteiger partial charge in [-0.05, 0) is 38.5 Å². The lowest BCUT2D eigenvalue weighted by Crippen LogP contribution is -2.20. The molecule has 128 valence electrons. The first-order valence-corrected chi connectivity index (χ1v) is 9.06. The zero-order valence-electron chi connectivity index (χ0n) is 14.8. The average molecular weight is 352 g/mol. The number of rotatable bonds is 4. The highest BCUT2D eigenvalue weighted by atomic mass is 32.2. The Morgan fingerprint density at radius 2 is 1.76 bits per heavy atom. The van der Waals surface area contributed by atoms with E-state index in [2.05, 4.69) is 4.98 Å². The van der Waals surface area contributed by atoms with E-state index in [0.29, 0.717) is 16.1 Å². The fourth-order valence-electron chi connectivity index (χ4n) is 2.83. The molecule has 5 heteroatoms. The van der Waals surface area contributed by atoms with Gasteiger partial charge in [0.2, 0.25) is 0 Å². The molecule has 0 unspecified atom stereocenters. The Kier molecular flexibility index (Phi) is 4.77. The van der Waals surface area contributed by atoms with E-state index in [1.807, 2.05) is 57.2 Å². The number of aromatic nitrogens is 2. The third kappa shape index (κ3) is 3.51. The molecule has 1 heterocycles. The zero-order valence-corrected chi connectivity index (χ0v) is 15.6. The Labute approximate surface area is 150 Å². The van der Waals surface area contributed by atoms with Gasteiger partial charge in [-0.15, -0.1) is 0 Å². The van der Waals surface area contributed by atoms with Gasteiger partial charge in [0.1, 0.15) is 0 Å². The molecule has 0 amide bonds. The van der Waals surface area contributed by atoms with Gasteiger partial charge in [0, 0.05) is 12.6 Å². The predicted molar refractivity (Wildman–Crippen MR) is 103 cm³/mol. The summed E-state index contributed by atoms with van der Waals surface area (Å²) in [6.07, 6.45) is 0. The van der Waals surface area contributed by atoms with Crippen LogP contribution >= 0.6 is 11.8 Å². The van der Waals surface area contributed by atoms with Crippen molar-refractivity contribution in [3.05, 3.63) is 69.0 Å². The van der Waals surface area contributed by atoms with Gasteiger partial charge in [0.05, 0.1) is 16.7 Å². The average Bonchev–Trinajstić information content (AvgIpc) is 2.57. The monoisotopic (exact) mass is 352 g/mol. The summed E-state index contributed by atoms with van der Waals surface area (Å²) in [4.78, 5) is 29.6. The lowest BCUT2D eigenvalue weighted by Gasteiger charge is -2.10. The second kappa shape index (κ2) is 6.84. The van der Waals surface area contributed by atoms with Crippen molar-refractivity contribution in [2.24, 2.45) is 7.05 Å². The molecule has 0 saturated heterocycles. The lowest BCUT2D eigenvalue weighted by molar-refractivity contribution is 0.102. The predicted octanol–water partition coefficient (Wildman–Crippen LogP) is 3.83. The molecule has 2 aromatic carbocycles. The first-order chi connectivity index (χ1) is 11.9. The molecule has 0 aliphatic rings. The summed E-state index contributed by atoms with van der Waals surface area (Å²) < 4.78 is 1.52. The van der Waals surface area contributed by atoms with Crippen LogP contribution in [0.4, 0.5) is 0 Å². The van der Waals surface area contributed by atoms with Crippen LogP contribution in [0.2, 0.25) is 0 Å². The van der Waals surface area contributed by atoms with E-state index in [-0.39, 0.29) is 17.1 Å². The molecule has 3 rings (SSSR count). The van der Waals surface area contributed by atoms with Gasteiger partial charge in [0.25, 0.3) is 5.56 Å². The Hall–Kier alpha value is -2.40. The van der Waals surface area contributed by atoms with Crippen LogP contribution in [0.5, 0.6) is 0 Å². The molecule has 0 aliphatic heterocycles. The van der Waals surface area contributed by atoms with Gasteiger partial charge in [-0.25, -0.2) is 4.98 Å². The van der Waals surface area contributed by atoms with E-state index in [0.717, 1.165) is 22.3 Å². The summed E-state index contributed by atoms with van der Waals surface area (Å²) >= 11 is 1.30. The molecular formula is C20H20N2O2S. The molecular weight excluding hydrogens is 332 g/mol. The van der Waals surface area contributed by atoms with Crippen LogP contribution in [0, 0.1) is 20.8 Å². The van der Waals surface area contributed by atoms with Crippen molar-refractivity contribution in [3.63, 3.8) is 0 Å². The van der Waals surface area contributed by atoms with Crippen molar-refractivity contribution in [1.29, 1.82) is 0 Å². The van der Waals surface area contributed by atoms with Gasteiger partial charge in [-0.2, -0.15) is 0 Å². The summed E-state index contributed by atoms with van der Waals surface area (Å²) in [5, 5.41) is 1.16. The maximum atomic E-state index is 12.5. The number of hydrogen-bond acceptors (Lipinski definition) is 4. The number of carbonyl (C=O) groups is 1. The van der Waals surface area contributed by atoms with Crippen molar-refractivity contribution in [3.8, 4) is 0 Å². The Balaban J connectivity index is 1.88. The van der Waals surface area contributed by atoms with Gasteiger partial charge in [-0.3, -0.25) is 14.2 Å². The molecule has 1 aromatic heterocycles. The molecule has 0 N–H and O–H groups in total. The molecule has 4 nitrogen and oxygen atoms in total. The molecule has 0 aliphatic carbocycles. The van der Waals surface area contributed by atoms with Crippen LogP contribution in [-0.2, 0) is 7.05 Å². The number of hydrogen-bond donors (Lipinski definition) is 0. The maximum absolute atomic E-state index is 12.5. The fraction of sp³-hybridized carbons (Fsp3) is 0.250. The van der Waals surface area contributed by atoms with Crippen LogP contribution in [0.3, 0.4) is 0 Å². The van der Waals surface area contributed by atoms with Crippen molar-refractivity contribution in [1.82, 2.24) is 9.55 Å². The van der Waals surface area contributed by atoms with Crippen LogP contribution in [-0.4, -0.2) is 21.1 Å². The van der Waals surface area contributed by atoms with Crippen molar-refractivity contribution >= 4 is 28.4 Å². The number of aryl methyl sites for hydroxylation is 3. The van der Waals surface area contributed by atoms with Crippen molar-refractivity contribution in [2.45, 2.75) is 25.9 Å². The van der Waals surface area contributed by atoms with E-state index in [1.165, 1.54) is 16.3 Å². The molecule has 25 heavy (non-hydrogen) atoms. The number of ketones is 1. The second-order valence-electron chi connectivity index (χ2n) is 6.31. The molecule has 0 saturated carbocycles.